The van der Waals surface area contributed by atoms with E-state index in [4.69, 9.17) is 0 Å². The molecule has 0 aromatic heterocycles. The van der Waals surface area contributed by atoms with E-state index in [0.717, 1.165) is 31.5 Å². The van der Waals surface area contributed by atoms with Crippen molar-refractivity contribution in [2.75, 3.05) is 13.1 Å². The van der Waals surface area contributed by atoms with E-state index >= 15 is 0 Å². The largest absolute Gasteiger partial charge is 0.316 e. The predicted octanol–water partition coefficient (Wildman–Crippen LogP) is 2.45. The summed E-state index contributed by atoms with van der Waals surface area (Å²) < 4.78 is 25.9. The van der Waals surface area contributed by atoms with Crippen molar-refractivity contribution in [1.29, 1.82) is 0 Å². The van der Waals surface area contributed by atoms with Crippen molar-refractivity contribution in [3.8, 4) is 0 Å². The van der Waals surface area contributed by atoms with Crippen LogP contribution in [0.1, 0.15) is 17.5 Å². The standard InChI is InChI=1S/C12H15F2N/c13-7-11-10(2-1-3-12(11)14)6-9-4-5-15-8-9/h1-3,9,15H,4-8H2. The number of hydrogen-bond acceptors (Lipinski definition) is 1. The van der Waals surface area contributed by atoms with Crippen LogP contribution in [0.3, 0.4) is 0 Å². The van der Waals surface area contributed by atoms with Gasteiger partial charge in [0.15, 0.2) is 0 Å². The average Bonchev–Trinajstić information content (AvgIpc) is 2.71. The van der Waals surface area contributed by atoms with E-state index in [1.807, 2.05) is 6.07 Å². The highest BCUT2D eigenvalue weighted by molar-refractivity contribution is 5.28. The minimum atomic E-state index is -0.706. The quantitative estimate of drug-likeness (QED) is 0.809. The molecule has 1 unspecified atom stereocenters. The topological polar surface area (TPSA) is 12.0 Å². The minimum absolute atomic E-state index is 0.240. The zero-order chi connectivity index (χ0) is 10.7. The van der Waals surface area contributed by atoms with E-state index in [1.165, 1.54) is 6.07 Å². The van der Waals surface area contributed by atoms with Crippen molar-refractivity contribution in [3.63, 3.8) is 0 Å². The summed E-state index contributed by atoms with van der Waals surface area (Å²) in [7, 11) is 0. The first kappa shape index (κ1) is 10.6. The molecule has 1 aliphatic heterocycles. The van der Waals surface area contributed by atoms with Crippen LogP contribution in [0.5, 0.6) is 0 Å². The van der Waals surface area contributed by atoms with Crippen molar-refractivity contribution in [3.05, 3.63) is 35.1 Å². The summed E-state index contributed by atoms with van der Waals surface area (Å²) in [5, 5.41) is 3.26. The first-order valence-electron chi connectivity index (χ1n) is 5.34. The summed E-state index contributed by atoms with van der Waals surface area (Å²) in [4.78, 5) is 0. The van der Waals surface area contributed by atoms with Crippen LogP contribution in [0.4, 0.5) is 8.78 Å². The molecule has 3 heteroatoms. The Morgan fingerprint density at radius 3 is 2.93 bits per heavy atom. The van der Waals surface area contributed by atoms with E-state index in [2.05, 4.69) is 5.32 Å². The molecule has 1 heterocycles. The lowest BCUT2D eigenvalue weighted by atomic mass is 9.95. The summed E-state index contributed by atoms with van der Waals surface area (Å²) in [6.07, 6.45) is 1.88. The van der Waals surface area contributed by atoms with Crippen LogP contribution in [0, 0.1) is 11.7 Å². The van der Waals surface area contributed by atoms with E-state index in [1.54, 1.807) is 6.07 Å². The van der Waals surface area contributed by atoms with Gasteiger partial charge in [0, 0.05) is 5.56 Å². The van der Waals surface area contributed by atoms with Crippen LogP contribution in [0.25, 0.3) is 0 Å². The Labute approximate surface area is 88.5 Å². The molecule has 0 spiro atoms. The highest BCUT2D eigenvalue weighted by Gasteiger charge is 2.17. The Hall–Kier alpha value is -0.960. The first-order chi connectivity index (χ1) is 7.31. The van der Waals surface area contributed by atoms with Crippen molar-refractivity contribution in [2.24, 2.45) is 5.92 Å². The van der Waals surface area contributed by atoms with Gasteiger partial charge in [0.2, 0.25) is 0 Å². The highest BCUT2D eigenvalue weighted by atomic mass is 19.1. The fourth-order valence-corrected chi connectivity index (χ4v) is 2.14. The molecule has 1 aromatic carbocycles. The number of nitrogens with one attached hydrogen (secondary N) is 1. The van der Waals surface area contributed by atoms with Crippen molar-refractivity contribution < 1.29 is 8.78 Å². The molecule has 1 aliphatic rings. The SMILES string of the molecule is FCc1c(F)cccc1CC1CCNC1. The molecule has 1 N–H and O–H groups in total. The smallest absolute Gasteiger partial charge is 0.129 e. The van der Waals surface area contributed by atoms with Gasteiger partial charge >= 0.3 is 0 Å². The van der Waals surface area contributed by atoms with Gasteiger partial charge in [-0.15, -0.1) is 0 Å². The lowest BCUT2D eigenvalue weighted by Gasteiger charge is -2.11. The van der Waals surface area contributed by atoms with E-state index in [0.29, 0.717) is 5.92 Å². The van der Waals surface area contributed by atoms with Gasteiger partial charge in [-0.2, -0.15) is 0 Å². The normalized spacial score (nSPS) is 20.8. The number of alkyl halides is 1. The maximum absolute atomic E-state index is 13.3. The Kier molecular flexibility index (Phi) is 3.31. The van der Waals surface area contributed by atoms with Crippen LogP contribution in [-0.2, 0) is 13.1 Å². The number of benzene rings is 1. The third-order valence-electron chi connectivity index (χ3n) is 3.02. The second-order valence-electron chi connectivity index (χ2n) is 4.07. The molecule has 0 radical (unpaired) electrons. The van der Waals surface area contributed by atoms with Gasteiger partial charge in [0.1, 0.15) is 12.5 Å². The molecule has 0 saturated carbocycles. The molecule has 1 nitrogen and oxygen atoms in total. The molecule has 0 aliphatic carbocycles. The average molecular weight is 211 g/mol. The third-order valence-corrected chi connectivity index (χ3v) is 3.02. The van der Waals surface area contributed by atoms with Crippen LogP contribution in [0.15, 0.2) is 18.2 Å². The highest BCUT2D eigenvalue weighted by Crippen LogP contribution is 2.21. The van der Waals surface area contributed by atoms with Gasteiger partial charge in [-0.3, -0.25) is 0 Å². The molecule has 1 fully saturated rings. The van der Waals surface area contributed by atoms with Crippen LogP contribution in [0.2, 0.25) is 0 Å². The van der Waals surface area contributed by atoms with Gasteiger partial charge in [-0.25, -0.2) is 8.78 Å². The summed E-state index contributed by atoms with van der Waals surface area (Å²) in [6.45, 7) is 1.27. The minimum Gasteiger partial charge on any atom is -0.316 e. The molecule has 0 bridgehead atoms. The summed E-state index contributed by atoms with van der Waals surface area (Å²) in [5.41, 5.74) is 1.07. The number of halogens is 2. The zero-order valence-corrected chi connectivity index (χ0v) is 8.60. The Morgan fingerprint density at radius 2 is 2.27 bits per heavy atom. The lowest BCUT2D eigenvalue weighted by Crippen LogP contribution is -2.11. The lowest BCUT2D eigenvalue weighted by molar-refractivity contribution is 0.455. The summed E-state index contributed by atoms with van der Waals surface area (Å²) >= 11 is 0. The van der Waals surface area contributed by atoms with E-state index in [9.17, 15) is 8.78 Å². The zero-order valence-electron chi connectivity index (χ0n) is 8.60. The monoisotopic (exact) mass is 211 g/mol. The first-order valence-corrected chi connectivity index (χ1v) is 5.34. The molecular weight excluding hydrogens is 196 g/mol. The third kappa shape index (κ3) is 2.34. The number of hydrogen-bond donors (Lipinski definition) is 1. The molecule has 2 rings (SSSR count). The van der Waals surface area contributed by atoms with Crippen LogP contribution < -0.4 is 5.32 Å². The van der Waals surface area contributed by atoms with Crippen molar-refractivity contribution >= 4 is 0 Å². The van der Waals surface area contributed by atoms with Gasteiger partial charge < -0.3 is 5.32 Å². The molecule has 1 aromatic rings. The van der Waals surface area contributed by atoms with E-state index in [-0.39, 0.29) is 5.56 Å². The summed E-state index contributed by atoms with van der Waals surface area (Å²) in [5.74, 6) is 0.109. The fourth-order valence-electron chi connectivity index (χ4n) is 2.14. The van der Waals surface area contributed by atoms with E-state index < -0.39 is 12.5 Å². The van der Waals surface area contributed by atoms with Gasteiger partial charge in [-0.1, -0.05) is 12.1 Å². The van der Waals surface area contributed by atoms with Crippen LogP contribution in [-0.4, -0.2) is 13.1 Å². The molecule has 1 saturated heterocycles. The Bertz CT molecular complexity index is 332. The number of rotatable bonds is 3. The maximum atomic E-state index is 13.3. The van der Waals surface area contributed by atoms with Gasteiger partial charge in [-0.05, 0) is 43.5 Å². The fraction of sp³-hybridized carbons (Fsp3) is 0.500. The van der Waals surface area contributed by atoms with Crippen molar-refractivity contribution in [1.82, 2.24) is 5.32 Å². The molecule has 1 atom stereocenters. The van der Waals surface area contributed by atoms with Gasteiger partial charge in [0.25, 0.3) is 0 Å². The molecular formula is C12H15F2N. The second kappa shape index (κ2) is 4.71. The second-order valence-corrected chi connectivity index (χ2v) is 4.07. The Balaban J connectivity index is 2.15. The predicted molar refractivity (Wildman–Crippen MR) is 55.9 cm³/mol. The molecule has 15 heavy (non-hydrogen) atoms. The maximum Gasteiger partial charge on any atom is 0.129 e. The van der Waals surface area contributed by atoms with Gasteiger partial charge in [0.05, 0.1) is 0 Å². The van der Waals surface area contributed by atoms with Crippen molar-refractivity contribution in [2.45, 2.75) is 19.5 Å². The molecule has 0 amide bonds. The summed E-state index contributed by atoms with van der Waals surface area (Å²) in [6, 6.07) is 4.81. The van der Waals surface area contributed by atoms with Crippen LogP contribution >= 0.6 is 0 Å². The molecule has 82 valence electrons. The Morgan fingerprint density at radius 1 is 1.40 bits per heavy atom.